The second-order valence-electron chi connectivity index (χ2n) is 7.03. The summed E-state index contributed by atoms with van der Waals surface area (Å²) in [5, 5.41) is 3.91. The third kappa shape index (κ3) is 3.33. The number of piperidine rings is 1. The van der Waals surface area contributed by atoms with Gasteiger partial charge < -0.3 is 5.32 Å². The Morgan fingerprint density at radius 3 is 2.16 bits per heavy atom. The van der Waals surface area contributed by atoms with Crippen molar-refractivity contribution in [3.63, 3.8) is 0 Å². The summed E-state index contributed by atoms with van der Waals surface area (Å²) in [5.41, 5.74) is 0.476. The standard InChI is InChI=1S/C17H34N2/c1-4-12-18-16(15(2)3)17(10-6-7-11-17)19-13-8-5-9-14-19/h15-16,18H,4-14H2,1-3H3. The van der Waals surface area contributed by atoms with Crippen molar-refractivity contribution in [3.8, 4) is 0 Å². The van der Waals surface area contributed by atoms with Crippen molar-refractivity contribution in [2.45, 2.75) is 83.7 Å². The molecule has 0 radical (unpaired) electrons. The molecule has 2 heteroatoms. The Morgan fingerprint density at radius 1 is 1.00 bits per heavy atom. The predicted octanol–water partition coefficient (Wildman–Crippen LogP) is 3.81. The molecule has 0 amide bonds. The largest absolute Gasteiger partial charge is 0.312 e. The van der Waals surface area contributed by atoms with Gasteiger partial charge in [-0.2, -0.15) is 0 Å². The van der Waals surface area contributed by atoms with Crippen molar-refractivity contribution in [2.24, 2.45) is 5.92 Å². The van der Waals surface area contributed by atoms with E-state index in [-0.39, 0.29) is 0 Å². The maximum absolute atomic E-state index is 3.91. The summed E-state index contributed by atoms with van der Waals surface area (Å²) >= 11 is 0. The number of hydrogen-bond donors (Lipinski definition) is 1. The first-order valence-corrected chi connectivity index (χ1v) is 8.69. The first-order chi connectivity index (χ1) is 9.20. The molecule has 1 saturated carbocycles. The predicted molar refractivity (Wildman–Crippen MR) is 83.5 cm³/mol. The molecule has 1 unspecified atom stereocenters. The second-order valence-corrected chi connectivity index (χ2v) is 7.03. The molecule has 1 aliphatic heterocycles. The van der Waals surface area contributed by atoms with E-state index in [4.69, 9.17) is 0 Å². The van der Waals surface area contributed by atoms with Crippen molar-refractivity contribution in [2.75, 3.05) is 19.6 Å². The van der Waals surface area contributed by atoms with Crippen molar-refractivity contribution >= 4 is 0 Å². The van der Waals surface area contributed by atoms with Gasteiger partial charge in [-0.05, 0) is 57.7 Å². The van der Waals surface area contributed by atoms with Gasteiger partial charge >= 0.3 is 0 Å². The van der Waals surface area contributed by atoms with Gasteiger partial charge in [0.1, 0.15) is 0 Å². The molecular weight excluding hydrogens is 232 g/mol. The Bertz CT molecular complexity index is 250. The van der Waals surface area contributed by atoms with Crippen molar-refractivity contribution < 1.29 is 0 Å². The third-order valence-corrected chi connectivity index (χ3v) is 5.32. The minimum Gasteiger partial charge on any atom is -0.312 e. The van der Waals surface area contributed by atoms with Crippen LogP contribution in [0.5, 0.6) is 0 Å². The summed E-state index contributed by atoms with van der Waals surface area (Å²) in [6.07, 6.45) is 11.3. The van der Waals surface area contributed by atoms with E-state index in [0.717, 1.165) is 5.92 Å². The molecule has 0 aromatic rings. The van der Waals surface area contributed by atoms with Crippen LogP contribution in [0, 0.1) is 5.92 Å². The van der Waals surface area contributed by atoms with E-state index in [1.807, 2.05) is 0 Å². The Labute approximate surface area is 120 Å². The van der Waals surface area contributed by atoms with E-state index in [0.29, 0.717) is 11.6 Å². The van der Waals surface area contributed by atoms with Gasteiger partial charge in [0.2, 0.25) is 0 Å². The highest BCUT2D eigenvalue weighted by molar-refractivity contribution is 5.05. The van der Waals surface area contributed by atoms with Crippen LogP contribution in [0.1, 0.15) is 72.1 Å². The van der Waals surface area contributed by atoms with Crippen LogP contribution in [0.15, 0.2) is 0 Å². The fraction of sp³-hybridized carbons (Fsp3) is 1.00. The summed E-state index contributed by atoms with van der Waals surface area (Å²) in [6, 6.07) is 0.688. The zero-order valence-electron chi connectivity index (χ0n) is 13.4. The molecule has 0 aromatic heterocycles. The lowest BCUT2D eigenvalue weighted by atomic mass is 9.79. The zero-order chi connectivity index (χ0) is 13.7. The van der Waals surface area contributed by atoms with E-state index in [1.54, 1.807) is 0 Å². The fourth-order valence-corrected chi connectivity index (χ4v) is 4.50. The number of nitrogens with one attached hydrogen (secondary N) is 1. The molecular formula is C17H34N2. The summed E-state index contributed by atoms with van der Waals surface area (Å²) in [6.45, 7) is 11.0. The van der Waals surface area contributed by atoms with Gasteiger partial charge in [-0.15, -0.1) is 0 Å². The van der Waals surface area contributed by atoms with E-state index in [1.165, 1.54) is 71.0 Å². The Hall–Kier alpha value is -0.0800. The van der Waals surface area contributed by atoms with Gasteiger partial charge in [0.15, 0.2) is 0 Å². The lowest BCUT2D eigenvalue weighted by molar-refractivity contribution is 0.0221. The first kappa shape index (κ1) is 15.3. The van der Waals surface area contributed by atoms with Crippen molar-refractivity contribution in [3.05, 3.63) is 0 Å². The monoisotopic (exact) mass is 266 g/mol. The van der Waals surface area contributed by atoms with Crippen LogP contribution < -0.4 is 5.32 Å². The molecule has 2 aliphatic rings. The quantitative estimate of drug-likeness (QED) is 0.786. The van der Waals surface area contributed by atoms with Crippen LogP contribution in [-0.2, 0) is 0 Å². The SMILES string of the molecule is CCCNC(C(C)C)C1(N2CCCCC2)CCCC1. The average Bonchev–Trinajstić information content (AvgIpc) is 2.90. The molecule has 1 heterocycles. The summed E-state index contributed by atoms with van der Waals surface area (Å²) in [5.74, 6) is 0.742. The smallest absolute Gasteiger partial charge is 0.0365 e. The van der Waals surface area contributed by atoms with E-state index >= 15 is 0 Å². The van der Waals surface area contributed by atoms with Gasteiger partial charge in [-0.25, -0.2) is 0 Å². The molecule has 112 valence electrons. The molecule has 0 spiro atoms. The van der Waals surface area contributed by atoms with Crippen molar-refractivity contribution in [1.29, 1.82) is 0 Å². The minimum atomic E-state index is 0.476. The summed E-state index contributed by atoms with van der Waals surface area (Å²) in [4.78, 5) is 2.87. The average molecular weight is 266 g/mol. The molecule has 1 N–H and O–H groups in total. The van der Waals surface area contributed by atoms with Gasteiger partial charge in [0.05, 0.1) is 0 Å². The zero-order valence-corrected chi connectivity index (χ0v) is 13.4. The number of hydrogen-bond acceptors (Lipinski definition) is 2. The molecule has 1 aliphatic carbocycles. The van der Waals surface area contributed by atoms with Crippen LogP contribution in [0.25, 0.3) is 0 Å². The highest BCUT2D eigenvalue weighted by Crippen LogP contribution is 2.41. The van der Waals surface area contributed by atoms with Gasteiger partial charge in [0, 0.05) is 11.6 Å². The maximum atomic E-state index is 3.91. The minimum absolute atomic E-state index is 0.476. The molecule has 19 heavy (non-hydrogen) atoms. The fourth-order valence-electron chi connectivity index (χ4n) is 4.50. The molecule has 1 atom stereocenters. The van der Waals surface area contributed by atoms with Gasteiger partial charge in [-0.3, -0.25) is 4.90 Å². The lowest BCUT2D eigenvalue weighted by Crippen LogP contribution is -2.63. The second kappa shape index (κ2) is 7.08. The normalized spacial score (nSPS) is 25.9. The molecule has 2 rings (SSSR count). The van der Waals surface area contributed by atoms with Crippen LogP contribution in [0.2, 0.25) is 0 Å². The van der Waals surface area contributed by atoms with E-state index in [9.17, 15) is 0 Å². The molecule has 0 aromatic carbocycles. The topological polar surface area (TPSA) is 15.3 Å². The summed E-state index contributed by atoms with van der Waals surface area (Å²) in [7, 11) is 0. The van der Waals surface area contributed by atoms with Crippen molar-refractivity contribution in [1.82, 2.24) is 10.2 Å². The highest BCUT2D eigenvalue weighted by atomic mass is 15.2. The summed E-state index contributed by atoms with van der Waals surface area (Å²) < 4.78 is 0. The van der Waals surface area contributed by atoms with Crippen LogP contribution >= 0.6 is 0 Å². The van der Waals surface area contributed by atoms with Crippen LogP contribution in [0.4, 0.5) is 0 Å². The molecule has 1 saturated heterocycles. The number of rotatable bonds is 6. The molecule has 2 fully saturated rings. The number of likely N-dealkylation sites (tertiary alicyclic amines) is 1. The molecule has 0 bridgehead atoms. The highest BCUT2D eigenvalue weighted by Gasteiger charge is 2.46. The van der Waals surface area contributed by atoms with Gasteiger partial charge in [0.25, 0.3) is 0 Å². The Balaban J connectivity index is 2.14. The van der Waals surface area contributed by atoms with E-state index in [2.05, 4.69) is 31.0 Å². The Kier molecular flexibility index (Phi) is 5.70. The maximum Gasteiger partial charge on any atom is 0.0365 e. The van der Waals surface area contributed by atoms with Gasteiger partial charge in [-0.1, -0.05) is 40.0 Å². The Morgan fingerprint density at radius 2 is 1.63 bits per heavy atom. The first-order valence-electron chi connectivity index (χ1n) is 8.69. The molecule has 2 nitrogen and oxygen atoms in total. The van der Waals surface area contributed by atoms with E-state index < -0.39 is 0 Å². The number of nitrogens with zero attached hydrogens (tertiary/aromatic N) is 1. The third-order valence-electron chi connectivity index (χ3n) is 5.32. The van der Waals surface area contributed by atoms with Crippen LogP contribution in [-0.4, -0.2) is 36.1 Å². The van der Waals surface area contributed by atoms with Crippen LogP contribution in [0.3, 0.4) is 0 Å². The lowest BCUT2D eigenvalue weighted by Gasteiger charge is -2.50.